The van der Waals surface area contributed by atoms with Crippen LogP contribution in [0.4, 0.5) is 18.9 Å². The first-order valence-electron chi connectivity index (χ1n) is 8.95. The Morgan fingerprint density at radius 3 is 2.61 bits per heavy atom. The minimum atomic E-state index is -4.77. The van der Waals surface area contributed by atoms with E-state index in [0.29, 0.717) is 22.4 Å². The second-order valence-electron chi connectivity index (χ2n) is 6.42. The van der Waals surface area contributed by atoms with Crippen molar-refractivity contribution in [2.75, 3.05) is 11.1 Å². The standard InChI is InChI=1S/C20H15F3N4O3S/c1-27-18(16-10-12-4-2-3-5-15(12)29-16)25-26-19(27)31-11-17(28)24-13-6-8-14(9-7-13)30-20(21,22)23/h2-10H,11H2,1H3,(H,24,28). The Balaban J connectivity index is 1.36. The Hall–Kier alpha value is -3.47. The summed E-state index contributed by atoms with van der Waals surface area (Å²) in [6, 6.07) is 14.3. The number of thioether (sulfide) groups is 1. The lowest BCUT2D eigenvalue weighted by atomic mass is 10.2. The van der Waals surface area contributed by atoms with Crippen LogP contribution in [0.2, 0.25) is 0 Å². The molecule has 1 amide bonds. The molecular formula is C20H15F3N4O3S. The van der Waals surface area contributed by atoms with Crippen molar-refractivity contribution in [2.45, 2.75) is 11.5 Å². The number of fused-ring (bicyclic) bond motifs is 1. The number of benzene rings is 2. The molecule has 4 rings (SSSR count). The number of hydrogen-bond donors (Lipinski definition) is 1. The molecule has 2 aromatic heterocycles. The molecule has 0 atom stereocenters. The highest BCUT2D eigenvalue weighted by molar-refractivity contribution is 7.99. The molecule has 7 nitrogen and oxygen atoms in total. The molecule has 31 heavy (non-hydrogen) atoms. The Morgan fingerprint density at radius 2 is 1.90 bits per heavy atom. The zero-order valence-electron chi connectivity index (χ0n) is 16.0. The summed E-state index contributed by atoms with van der Waals surface area (Å²) in [4.78, 5) is 12.2. The maximum absolute atomic E-state index is 12.2. The summed E-state index contributed by atoms with van der Waals surface area (Å²) >= 11 is 1.17. The molecule has 0 fully saturated rings. The monoisotopic (exact) mass is 448 g/mol. The van der Waals surface area contributed by atoms with Crippen LogP contribution in [0, 0.1) is 0 Å². The number of rotatable bonds is 6. The summed E-state index contributed by atoms with van der Waals surface area (Å²) in [7, 11) is 1.77. The van der Waals surface area contributed by atoms with E-state index in [9.17, 15) is 18.0 Å². The Bertz CT molecular complexity index is 1190. The van der Waals surface area contributed by atoms with Gasteiger partial charge in [0, 0.05) is 18.1 Å². The third-order valence-electron chi connectivity index (χ3n) is 4.18. The molecule has 11 heteroatoms. The summed E-state index contributed by atoms with van der Waals surface area (Å²) in [6.07, 6.45) is -4.77. The molecule has 1 N–H and O–H groups in total. The SMILES string of the molecule is Cn1c(SCC(=O)Nc2ccc(OC(F)(F)F)cc2)nnc1-c1cc2ccccc2o1. The minimum Gasteiger partial charge on any atom is -0.453 e. The van der Waals surface area contributed by atoms with Gasteiger partial charge in [-0.3, -0.25) is 4.79 Å². The van der Waals surface area contributed by atoms with E-state index in [1.807, 2.05) is 30.3 Å². The lowest BCUT2D eigenvalue weighted by Crippen LogP contribution is -2.17. The number of nitrogens with zero attached hydrogens (tertiary/aromatic N) is 3. The highest BCUT2D eigenvalue weighted by atomic mass is 32.2. The van der Waals surface area contributed by atoms with Crippen molar-refractivity contribution in [1.29, 1.82) is 0 Å². The number of aromatic nitrogens is 3. The topological polar surface area (TPSA) is 82.2 Å². The molecule has 0 aliphatic heterocycles. The average molecular weight is 448 g/mol. The fourth-order valence-corrected chi connectivity index (χ4v) is 3.53. The largest absolute Gasteiger partial charge is 0.573 e. The smallest absolute Gasteiger partial charge is 0.453 e. The van der Waals surface area contributed by atoms with E-state index in [0.717, 1.165) is 23.1 Å². The van der Waals surface area contributed by atoms with E-state index in [1.165, 1.54) is 23.9 Å². The van der Waals surface area contributed by atoms with Crippen LogP contribution >= 0.6 is 11.8 Å². The Morgan fingerprint density at radius 1 is 1.16 bits per heavy atom. The molecule has 0 spiro atoms. The van der Waals surface area contributed by atoms with Gasteiger partial charge in [-0.25, -0.2) is 0 Å². The zero-order valence-corrected chi connectivity index (χ0v) is 16.8. The predicted molar refractivity (Wildman–Crippen MR) is 109 cm³/mol. The summed E-state index contributed by atoms with van der Waals surface area (Å²) in [5.74, 6) is 0.417. The summed E-state index contributed by atoms with van der Waals surface area (Å²) in [5, 5.41) is 12.3. The van der Waals surface area contributed by atoms with Crippen LogP contribution in [0.5, 0.6) is 5.75 Å². The number of para-hydroxylation sites is 1. The van der Waals surface area contributed by atoms with Crippen molar-refractivity contribution < 1.29 is 27.1 Å². The van der Waals surface area contributed by atoms with E-state index in [2.05, 4.69) is 20.3 Å². The van der Waals surface area contributed by atoms with Gasteiger partial charge >= 0.3 is 6.36 Å². The minimum absolute atomic E-state index is 0.0346. The molecule has 0 saturated heterocycles. The van der Waals surface area contributed by atoms with E-state index in [1.54, 1.807) is 11.6 Å². The van der Waals surface area contributed by atoms with Crippen LogP contribution in [0.1, 0.15) is 0 Å². The van der Waals surface area contributed by atoms with Crippen molar-refractivity contribution in [2.24, 2.45) is 7.05 Å². The summed E-state index contributed by atoms with van der Waals surface area (Å²) in [6.45, 7) is 0. The molecule has 160 valence electrons. The lowest BCUT2D eigenvalue weighted by molar-refractivity contribution is -0.274. The van der Waals surface area contributed by atoms with Gasteiger partial charge in [0.25, 0.3) is 0 Å². The van der Waals surface area contributed by atoms with Crippen molar-refractivity contribution in [3.63, 3.8) is 0 Å². The van der Waals surface area contributed by atoms with Gasteiger partial charge < -0.3 is 19.0 Å². The number of alkyl halides is 3. The second-order valence-corrected chi connectivity index (χ2v) is 7.37. The number of nitrogens with one attached hydrogen (secondary N) is 1. The van der Waals surface area contributed by atoms with Crippen LogP contribution in [0.3, 0.4) is 0 Å². The van der Waals surface area contributed by atoms with Crippen molar-refractivity contribution >= 4 is 34.3 Å². The van der Waals surface area contributed by atoms with Gasteiger partial charge in [-0.2, -0.15) is 0 Å². The molecule has 0 bridgehead atoms. The average Bonchev–Trinajstić information content (AvgIpc) is 3.30. The molecule has 0 aliphatic rings. The van der Waals surface area contributed by atoms with Crippen molar-refractivity contribution in [3.8, 4) is 17.3 Å². The normalized spacial score (nSPS) is 11.6. The fourth-order valence-electron chi connectivity index (χ4n) is 2.81. The molecule has 0 unspecified atom stereocenters. The summed E-state index contributed by atoms with van der Waals surface area (Å²) < 4.78 is 47.9. The molecule has 0 aliphatic carbocycles. The van der Waals surface area contributed by atoms with E-state index < -0.39 is 6.36 Å². The first kappa shape index (κ1) is 20.8. The number of ether oxygens (including phenoxy) is 1. The van der Waals surface area contributed by atoms with E-state index in [4.69, 9.17) is 4.42 Å². The first-order chi connectivity index (χ1) is 14.8. The number of carbonyl (C=O) groups is 1. The Kier molecular flexibility index (Phi) is 5.59. The van der Waals surface area contributed by atoms with E-state index >= 15 is 0 Å². The highest BCUT2D eigenvalue weighted by Crippen LogP contribution is 2.28. The van der Waals surface area contributed by atoms with Crippen LogP contribution < -0.4 is 10.1 Å². The number of amides is 1. The van der Waals surface area contributed by atoms with Gasteiger partial charge in [0.15, 0.2) is 16.7 Å². The van der Waals surface area contributed by atoms with Crippen LogP contribution in [-0.2, 0) is 11.8 Å². The fraction of sp³-hybridized carbons (Fsp3) is 0.150. The van der Waals surface area contributed by atoms with Gasteiger partial charge in [-0.1, -0.05) is 30.0 Å². The zero-order chi connectivity index (χ0) is 22.0. The van der Waals surface area contributed by atoms with Crippen molar-refractivity contribution in [3.05, 3.63) is 54.6 Å². The number of carbonyl (C=O) groups excluding carboxylic acids is 1. The van der Waals surface area contributed by atoms with Crippen LogP contribution in [0.15, 0.2) is 64.2 Å². The maximum atomic E-state index is 12.2. The van der Waals surface area contributed by atoms with Crippen molar-refractivity contribution in [1.82, 2.24) is 14.8 Å². The molecule has 2 heterocycles. The number of hydrogen-bond acceptors (Lipinski definition) is 6. The molecule has 4 aromatic rings. The van der Waals surface area contributed by atoms with Gasteiger partial charge in [0.1, 0.15) is 11.3 Å². The molecule has 0 radical (unpaired) electrons. The maximum Gasteiger partial charge on any atom is 0.573 e. The van der Waals surface area contributed by atoms with Gasteiger partial charge in [0.05, 0.1) is 5.75 Å². The third-order valence-corrected chi connectivity index (χ3v) is 5.21. The lowest BCUT2D eigenvalue weighted by Gasteiger charge is -2.10. The summed E-state index contributed by atoms with van der Waals surface area (Å²) in [5.41, 5.74) is 1.08. The number of anilines is 1. The highest BCUT2D eigenvalue weighted by Gasteiger charge is 2.31. The van der Waals surface area contributed by atoms with Gasteiger partial charge in [-0.05, 0) is 36.4 Å². The van der Waals surface area contributed by atoms with Crippen LogP contribution in [-0.4, -0.2) is 32.8 Å². The van der Waals surface area contributed by atoms with E-state index in [-0.39, 0.29) is 17.4 Å². The Labute approximate surface area is 178 Å². The molecule has 0 saturated carbocycles. The number of furan rings is 1. The molecular weight excluding hydrogens is 433 g/mol. The van der Waals surface area contributed by atoms with Gasteiger partial charge in [0.2, 0.25) is 5.91 Å². The predicted octanol–water partition coefficient (Wildman–Crippen LogP) is 4.86. The van der Waals surface area contributed by atoms with Gasteiger partial charge in [-0.15, -0.1) is 23.4 Å². The quantitative estimate of drug-likeness (QED) is 0.425. The molecule has 2 aromatic carbocycles. The van der Waals surface area contributed by atoms with Crippen LogP contribution in [0.25, 0.3) is 22.6 Å². The first-order valence-corrected chi connectivity index (χ1v) is 9.94. The number of halogens is 3. The third kappa shape index (κ3) is 5.00. The second kappa shape index (κ2) is 8.34.